The van der Waals surface area contributed by atoms with Crippen LogP contribution in [0.25, 0.3) is 0 Å². The molecule has 18 heavy (non-hydrogen) atoms. The number of nitrogens with two attached hydrogens (primary N) is 1. The zero-order chi connectivity index (χ0) is 12.8. The van der Waals surface area contributed by atoms with Gasteiger partial charge in [0, 0.05) is 6.20 Å². The van der Waals surface area contributed by atoms with Gasteiger partial charge in [-0.1, -0.05) is 12.1 Å². The lowest BCUT2D eigenvalue weighted by Crippen LogP contribution is -2.24. The second-order valence-electron chi connectivity index (χ2n) is 3.56. The van der Waals surface area contributed by atoms with Gasteiger partial charge in [-0.15, -0.1) is 0 Å². The van der Waals surface area contributed by atoms with E-state index in [1.807, 2.05) is 18.2 Å². The Kier molecular flexibility index (Phi) is 3.83. The Labute approximate surface area is 104 Å². The molecule has 0 aromatic carbocycles. The van der Waals surface area contributed by atoms with Crippen LogP contribution in [-0.4, -0.2) is 15.9 Å². The van der Waals surface area contributed by atoms with Crippen LogP contribution in [0.1, 0.15) is 16.2 Å². The van der Waals surface area contributed by atoms with Crippen molar-refractivity contribution in [1.82, 2.24) is 15.3 Å². The lowest BCUT2D eigenvalue weighted by molar-refractivity contribution is 0.0945. The van der Waals surface area contributed by atoms with Crippen LogP contribution in [0, 0.1) is 0 Å². The molecule has 0 aliphatic heterocycles. The minimum absolute atomic E-state index is 0.266. The van der Waals surface area contributed by atoms with Gasteiger partial charge < -0.3 is 10.7 Å². The Bertz CT molecular complexity index is 529. The number of carbonyl (C=O) groups excluding carboxylic acids is 1. The number of nitrogen functional groups attached to an aromatic ring is 1. The van der Waals surface area contributed by atoms with Crippen molar-refractivity contribution in [3.05, 3.63) is 54.0 Å². The summed E-state index contributed by atoms with van der Waals surface area (Å²) in [6.07, 6.45) is 1.68. The smallest absolute Gasteiger partial charge is 0.270 e. The van der Waals surface area contributed by atoms with Crippen LogP contribution in [0.15, 0.2) is 42.6 Å². The van der Waals surface area contributed by atoms with Crippen LogP contribution < -0.4 is 16.6 Å². The Morgan fingerprint density at radius 2 is 2.11 bits per heavy atom. The molecule has 0 saturated carbocycles. The predicted octanol–water partition coefficient (Wildman–Crippen LogP) is 0.692. The first-order chi connectivity index (χ1) is 8.79. The first kappa shape index (κ1) is 12.0. The highest BCUT2D eigenvalue weighted by Crippen LogP contribution is 2.03. The van der Waals surface area contributed by atoms with Crippen LogP contribution in [0.5, 0.6) is 0 Å². The van der Waals surface area contributed by atoms with E-state index in [2.05, 4.69) is 20.7 Å². The summed E-state index contributed by atoms with van der Waals surface area (Å²) in [7, 11) is 0. The Morgan fingerprint density at radius 3 is 2.83 bits per heavy atom. The second-order valence-corrected chi connectivity index (χ2v) is 3.56. The molecule has 6 heteroatoms. The third-order valence-corrected chi connectivity index (χ3v) is 2.29. The number of rotatable bonds is 4. The molecule has 0 aliphatic carbocycles. The summed E-state index contributed by atoms with van der Waals surface area (Å²) in [5, 5.41) is 2.73. The molecule has 0 radical (unpaired) electrons. The van der Waals surface area contributed by atoms with Crippen molar-refractivity contribution < 1.29 is 4.79 Å². The van der Waals surface area contributed by atoms with E-state index in [9.17, 15) is 4.79 Å². The fourth-order valence-electron chi connectivity index (χ4n) is 1.41. The van der Waals surface area contributed by atoms with E-state index < -0.39 is 0 Å². The minimum Gasteiger partial charge on any atom is -0.345 e. The molecule has 0 unspecified atom stereocenters. The number of hydrazine groups is 1. The van der Waals surface area contributed by atoms with Gasteiger partial charge in [0.05, 0.1) is 12.2 Å². The number of nitrogens with zero attached hydrogens (tertiary/aromatic N) is 2. The maximum atomic E-state index is 11.8. The van der Waals surface area contributed by atoms with E-state index in [1.54, 1.807) is 24.4 Å². The van der Waals surface area contributed by atoms with Gasteiger partial charge in [-0.3, -0.25) is 9.78 Å². The average molecular weight is 243 g/mol. The van der Waals surface area contributed by atoms with E-state index in [1.165, 1.54) is 0 Å². The third-order valence-electron chi connectivity index (χ3n) is 2.29. The van der Waals surface area contributed by atoms with Crippen molar-refractivity contribution in [3.8, 4) is 0 Å². The molecule has 0 atom stereocenters. The summed E-state index contributed by atoms with van der Waals surface area (Å²) in [5.41, 5.74) is 3.49. The first-order valence-corrected chi connectivity index (χ1v) is 5.41. The zero-order valence-electron chi connectivity index (χ0n) is 9.63. The van der Waals surface area contributed by atoms with E-state index >= 15 is 0 Å². The van der Waals surface area contributed by atoms with Gasteiger partial charge in [-0.25, -0.2) is 10.8 Å². The molecule has 0 saturated heterocycles. The van der Waals surface area contributed by atoms with Gasteiger partial charge in [0.1, 0.15) is 11.5 Å². The molecule has 4 N–H and O–H groups in total. The van der Waals surface area contributed by atoms with E-state index in [0.717, 1.165) is 5.69 Å². The number of aromatic nitrogens is 2. The first-order valence-electron chi connectivity index (χ1n) is 5.41. The number of pyridine rings is 2. The van der Waals surface area contributed by atoms with Gasteiger partial charge in [0.25, 0.3) is 5.91 Å². The fourth-order valence-corrected chi connectivity index (χ4v) is 1.41. The molecule has 0 fully saturated rings. The summed E-state index contributed by atoms with van der Waals surface area (Å²) >= 11 is 0. The number of hydrogen-bond donors (Lipinski definition) is 3. The molecular weight excluding hydrogens is 230 g/mol. The maximum absolute atomic E-state index is 11.8. The molecule has 6 nitrogen and oxygen atoms in total. The SMILES string of the molecule is NNc1cccc(C(=O)NCc2ccccn2)n1. The molecule has 2 aromatic rings. The van der Waals surface area contributed by atoms with Gasteiger partial charge in [0.2, 0.25) is 0 Å². The Hall–Kier alpha value is -2.47. The molecule has 1 amide bonds. The van der Waals surface area contributed by atoms with E-state index in [0.29, 0.717) is 18.1 Å². The highest BCUT2D eigenvalue weighted by atomic mass is 16.1. The third kappa shape index (κ3) is 3.02. The fraction of sp³-hybridized carbons (Fsp3) is 0.0833. The summed E-state index contributed by atoms with van der Waals surface area (Å²) in [6, 6.07) is 10.5. The standard InChI is InChI=1S/C12H13N5O/c13-17-11-6-3-5-10(16-11)12(18)15-8-9-4-1-2-7-14-9/h1-7H,8,13H2,(H,15,18)(H,16,17). The number of nitrogens with one attached hydrogen (secondary N) is 2. The van der Waals surface area contributed by atoms with Crippen molar-refractivity contribution in [2.45, 2.75) is 6.54 Å². The molecule has 92 valence electrons. The Balaban J connectivity index is 1.99. The van der Waals surface area contributed by atoms with E-state index in [-0.39, 0.29) is 5.91 Å². The number of hydrogen-bond acceptors (Lipinski definition) is 5. The van der Waals surface area contributed by atoms with Crippen molar-refractivity contribution in [3.63, 3.8) is 0 Å². The van der Waals surface area contributed by atoms with Crippen LogP contribution in [0.4, 0.5) is 5.82 Å². The van der Waals surface area contributed by atoms with Crippen LogP contribution in [0.3, 0.4) is 0 Å². The molecule has 0 spiro atoms. The monoisotopic (exact) mass is 243 g/mol. The summed E-state index contributed by atoms with van der Waals surface area (Å²) in [6.45, 7) is 0.363. The van der Waals surface area contributed by atoms with Crippen molar-refractivity contribution in [2.24, 2.45) is 5.84 Å². The summed E-state index contributed by atoms with van der Waals surface area (Å²) in [5.74, 6) is 5.41. The summed E-state index contributed by atoms with van der Waals surface area (Å²) in [4.78, 5) is 20.0. The largest absolute Gasteiger partial charge is 0.345 e. The van der Waals surface area contributed by atoms with Gasteiger partial charge >= 0.3 is 0 Å². The Morgan fingerprint density at radius 1 is 1.22 bits per heavy atom. The molecular formula is C12H13N5O. The number of anilines is 1. The quantitative estimate of drug-likeness (QED) is 0.542. The number of carbonyl (C=O) groups is 1. The summed E-state index contributed by atoms with van der Waals surface area (Å²) < 4.78 is 0. The normalized spacial score (nSPS) is 9.83. The van der Waals surface area contributed by atoms with Crippen molar-refractivity contribution >= 4 is 11.7 Å². The van der Waals surface area contributed by atoms with Crippen LogP contribution in [-0.2, 0) is 6.54 Å². The van der Waals surface area contributed by atoms with Crippen molar-refractivity contribution in [1.29, 1.82) is 0 Å². The van der Waals surface area contributed by atoms with E-state index in [4.69, 9.17) is 5.84 Å². The highest BCUT2D eigenvalue weighted by molar-refractivity contribution is 5.92. The average Bonchev–Trinajstić information content (AvgIpc) is 2.46. The number of amides is 1. The molecule has 2 rings (SSSR count). The van der Waals surface area contributed by atoms with Gasteiger partial charge in [-0.2, -0.15) is 0 Å². The predicted molar refractivity (Wildman–Crippen MR) is 67.5 cm³/mol. The molecule has 0 aliphatic rings. The maximum Gasteiger partial charge on any atom is 0.270 e. The second kappa shape index (κ2) is 5.74. The van der Waals surface area contributed by atoms with Crippen molar-refractivity contribution in [2.75, 3.05) is 5.43 Å². The minimum atomic E-state index is -0.266. The lowest BCUT2D eigenvalue weighted by atomic mass is 10.3. The van der Waals surface area contributed by atoms with Crippen LogP contribution in [0.2, 0.25) is 0 Å². The van der Waals surface area contributed by atoms with Gasteiger partial charge in [0.15, 0.2) is 0 Å². The van der Waals surface area contributed by atoms with Gasteiger partial charge in [-0.05, 0) is 24.3 Å². The molecule has 0 bridgehead atoms. The zero-order valence-corrected chi connectivity index (χ0v) is 9.63. The molecule has 2 heterocycles. The topological polar surface area (TPSA) is 92.9 Å². The van der Waals surface area contributed by atoms with Crippen LogP contribution >= 0.6 is 0 Å². The lowest BCUT2D eigenvalue weighted by Gasteiger charge is -2.05. The molecule has 2 aromatic heterocycles. The highest BCUT2D eigenvalue weighted by Gasteiger charge is 2.07.